The summed E-state index contributed by atoms with van der Waals surface area (Å²) in [7, 11) is 0. The number of rotatable bonds is 5. The molecular formula is C14H17N5O5. The number of nitrogens with two attached hydrogens (primary N) is 1. The van der Waals surface area contributed by atoms with E-state index in [2.05, 4.69) is 15.0 Å². The number of fused-ring (bicyclic) bond motifs is 1. The van der Waals surface area contributed by atoms with Crippen molar-refractivity contribution in [2.24, 2.45) is 5.92 Å². The fourth-order valence-electron chi connectivity index (χ4n) is 2.57. The standard InChI is InChI=1S/C14H17N5O5/c1-7(20)22-3-9-10(4-23-8(2)21)24-14(9)19-6-18-11-12(15)16-5-17-13(11)19/h5-6,9-10,14H,3-4H2,1-2H3,(H2,15,16,17)/t9-,10-,14-/m1/s1. The largest absolute Gasteiger partial charge is 0.465 e. The molecule has 0 radical (unpaired) electrons. The Morgan fingerprint density at radius 3 is 2.62 bits per heavy atom. The molecule has 1 fully saturated rings. The highest BCUT2D eigenvalue weighted by atomic mass is 16.6. The summed E-state index contributed by atoms with van der Waals surface area (Å²) >= 11 is 0. The molecule has 2 aromatic heterocycles. The number of nitrogens with zero attached hydrogens (tertiary/aromatic N) is 4. The zero-order chi connectivity index (χ0) is 17.3. The predicted octanol–water partition coefficient (Wildman–Crippen LogP) is 0.0483. The Morgan fingerprint density at radius 1 is 1.21 bits per heavy atom. The summed E-state index contributed by atoms with van der Waals surface area (Å²) in [6, 6.07) is 0. The van der Waals surface area contributed by atoms with E-state index in [1.807, 2.05) is 0 Å². The molecule has 0 saturated carbocycles. The molecule has 24 heavy (non-hydrogen) atoms. The number of ether oxygens (including phenoxy) is 3. The molecule has 3 heterocycles. The number of nitrogen functional groups attached to an aromatic ring is 1. The number of aromatic nitrogens is 4. The van der Waals surface area contributed by atoms with Crippen LogP contribution in [0.2, 0.25) is 0 Å². The van der Waals surface area contributed by atoms with Gasteiger partial charge in [0, 0.05) is 13.8 Å². The van der Waals surface area contributed by atoms with Gasteiger partial charge in [0.2, 0.25) is 0 Å². The van der Waals surface area contributed by atoms with Crippen LogP contribution in [0.15, 0.2) is 12.7 Å². The normalized spacial score (nSPS) is 22.8. The Hall–Kier alpha value is -2.75. The summed E-state index contributed by atoms with van der Waals surface area (Å²) < 4.78 is 17.6. The molecule has 2 N–H and O–H groups in total. The molecule has 1 saturated heterocycles. The minimum absolute atomic E-state index is 0.0848. The van der Waals surface area contributed by atoms with Crippen LogP contribution in [0.1, 0.15) is 20.1 Å². The van der Waals surface area contributed by atoms with Gasteiger partial charge in [-0.1, -0.05) is 0 Å². The average molecular weight is 335 g/mol. The van der Waals surface area contributed by atoms with Crippen molar-refractivity contribution < 1.29 is 23.8 Å². The smallest absolute Gasteiger partial charge is 0.302 e. The van der Waals surface area contributed by atoms with Gasteiger partial charge >= 0.3 is 11.9 Å². The second kappa shape index (κ2) is 6.40. The maximum Gasteiger partial charge on any atom is 0.302 e. The van der Waals surface area contributed by atoms with Crippen LogP contribution in [0, 0.1) is 5.92 Å². The SMILES string of the molecule is CC(=O)OC[C@H]1[C@H](n2cnc3c(N)ncnc32)O[C@@H]1COC(C)=O. The lowest BCUT2D eigenvalue weighted by Gasteiger charge is -2.44. The van der Waals surface area contributed by atoms with Crippen molar-refractivity contribution in [3.05, 3.63) is 12.7 Å². The van der Waals surface area contributed by atoms with Gasteiger partial charge in [-0.25, -0.2) is 15.0 Å². The molecule has 10 nitrogen and oxygen atoms in total. The maximum atomic E-state index is 11.1. The molecule has 3 rings (SSSR count). The van der Waals surface area contributed by atoms with Gasteiger partial charge in [-0.15, -0.1) is 0 Å². The third kappa shape index (κ3) is 3.00. The summed E-state index contributed by atoms with van der Waals surface area (Å²) in [5.74, 6) is -0.733. The van der Waals surface area contributed by atoms with E-state index >= 15 is 0 Å². The van der Waals surface area contributed by atoms with Gasteiger partial charge in [0.15, 0.2) is 11.5 Å². The number of imidazole rings is 1. The lowest BCUT2D eigenvalue weighted by atomic mass is 9.95. The van der Waals surface area contributed by atoms with Gasteiger partial charge in [0.05, 0.1) is 12.2 Å². The fraction of sp³-hybridized carbons (Fsp3) is 0.500. The van der Waals surface area contributed by atoms with E-state index in [0.29, 0.717) is 11.2 Å². The molecule has 0 aromatic carbocycles. The van der Waals surface area contributed by atoms with Crippen LogP contribution >= 0.6 is 0 Å². The highest BCUT2D eigenvalue weighted by Crippen LogP contribution is 2.39. The maximum absolute atomic E-state index is 11.1. The van der Waals surface area contributed by atoms with Gasteiger partial charge in [0.25, 0.3) is 0 Å². The lowest BCUT2D eigenvalue weighted by Crippen LogP contribution is -2.50. The Bertz CT molecular complexity index is 776. The van der Waals surface area contributed by atoms with Gasteiger partial charge in [-0.05, 0) is 0 Å². The van der Waals surface area contributed by atoms with Crippen LogP contribution in [-0.2, 0) is 23.8 Å². The van der Waals surface area contributed by atoms with E-state index in [9.17, 15) is 9.59 Å². The van der Waals surface area contributed by atoms with E-state index in [-0.39, 0.29) is 31.1 Å². The minimum Gasteiger partial charge on any atom is -0.465 e. The molecule has 3 atom stereocenters. The fourth-order valence-corrected chi connectivity index (χ4v) is 2.57. The topological polar surface area (TPSA) is 131 Å². The first-order chi connectivity index (χ1) is 11.5. The Labute approximate surface area is 136 Å². The first kappa shape index (κ1) is 16.1. The summed E-state index contributed by atoms with van der Waals surface area (Å²) in [6.07, 6.45) is 2.05. The van der Waals surface area contributed by atoms with Crippen LogP contribution in [0.3, 0.4) is 0 Å². The summed E-state index contributed by atoms with van der Waals surface area (Å²) in [4.78, 5) is 34.3. The molecule has 0 spiro atoms. The van der Waals surface area contributed by atoms with Crippen LogP contribution in [0.25, 0.3) is 11.2 Å². The zero-order valence-electron chi connectivity index (χ0n) is 13.2. The predicted molar refractivity (Wildman–Crippen MR) is 80.4 cm³/mol. The zero-order valence-corrected chi connectivity index (χ0v) is 13.2. The molecule has 1 aliphatic heterocycles. The minimum atomic E-state index is -0.454. The van der Waals surface area contributed by atoms with Crippen molar-refractivity contribution in [3.8, 4) is 0 Å². The molecule has 0 unspecified atom stereocenters. The monoisotopic (exact) mass is 335 g/mol. The molecule has 10 heteroatoms. The average Bonchev–Trinajstić information content (AvgIpc) is 2.91. The summed E-state index contributed by atoms with van der Waals surface area (Å²) in [5, 5.41) is 0. The summed E-state index contributed by atoms with van der Waals surface area (Å²) in [5.41, 5.74) is 6.76. The second-order valence-electron chi connectivity index (χ2n) is 5.42. The number of carbonyl (C=O) groups is 2. The lowest BCUT2D eigenvalue weighted by molar-refractivity contribution is -0.249. The number of hydrogen-bond donors (Lipinski definition) is 1. The van der Waals surface area contributed by atoms with Crippen molar-refractivity contribution in [1.29, 1.82) is 0 Å². The highest BCUT2D eigenvalue weighted by molar-refractivity contribution is 5.81. The molecule has 0 amide bonds. The number of esters is 2. The first-order valence-corrected chi connectivity index (χ1v) is 7.32. The van der Waals surface area contributed by atoms with E-state index in [1.54, 1.807) is 10.9 Å². The van der Waals surface area contributed by atoms with E-state index in [4.69, 9.17) is 19.9 Å². The number of anilines is 1. The van der Waals surface area contributed by atoms with Crippen LogP contribution < -0.4 is 5.73 Å². The van der Waals surface area contributed by atoms with Gasteiger partial charge in [0.1, 0.15) is 37.4 Å². The quantitative estimate of drug-likeness (QED) is 0.752. The number of carbonyl (C=O) groups excluding carboxylic acids is 2. The van der Waals surface area contributed by atoms with Crippen LogP contribution in [0.4, 0.5) is 5.82 Å². The van der Waals surface area contributed by atoms with E-state index in [0.717, 1.165) is 0 Å². The Kier molecular flexibility index (Phi) is 4.30. The summed E-state index contributed by atoms with van der Waals surface area (Å²) in [6.45, 7) is 2.87. The Morgan fingerprint density at radius 2 is 1.92 bits per heavy atom. The second-order valence-corrected chi connectivity index (χ2v) is 5.42. The van der Waals surface area contributed by atoms with E-state index < -0.39 is 18.2 Å². The number of hydrogen-bond acceptors (Lipinski definition) is 9. The molecule has 128 valence electrons. The van der Waals surface area contributed by atoms with Crippen molar-refractivity contribution in [3.63, 3.8) is 0 Å². The van der Waals surface area contributed by atoms with E-state index in [1.165, 1.54) is 20.2 Å². The molecule has 0 bridgehead atoms. The van der Waals surface area contributed by atoms with Gasteiger partial charge in [-0.3, -0.25) is 14.2 Å². The molecule has 2 aromatic rings. The van der Waals surface area contributed by atoms with Crippen LogP contribution in [-0.4, -0.2) is 50.8 Å². The third-order valence-corrected chi connectivity index (χ3v) is 3.75. The third-order valence-electron chi connectivity index (χ3n) is 3.75. The molecular weight excluding hydrogens is 318 g/mol. The Balaban J connectivity index is 1.81. The molecule has 0 aliphatic carbocycles. The highest BCUT2D eigenvalue weighted by Gasteiger charge is 2.45. The van der Waals surface area contributed by atoms with Crippen molar-refractivity contribution in [2.75, 3.05) is 18.9 Å². The van der Waals surface area contributed by atoms with Gasteiger partial charge < -0.3 is 19.9 Å². The molecule has 1 aliphatic rings. The van der Waals surface area contributed by atoms with Crippen molar-refractivity contribution in [2.45, 2.75) is 26.2 Å². The van der Waals surface area contributed by atoms with Crippen molar-refractivity contribution in [1.82, 2.24) is 19.5 Å². The van der Waals surface area contributed by atoms with Crippen molar-refractivity contribution >= 4 is 28.9 Å². The first-order valence-electron chi connectivity index (χ1n) is 7.32. The van der Waals surface area contributed by atoms with Gasteiger partial charge in [-0.2, -0.15) is 0 Å². The van der Waals surface area contributed by atoms with Crippen LogP contribution in [0.5, 0.6) is 0 Å².